The van der Waals surface area contributed by atoms with Crippen molar-refractivity contribution in [1.82, 2.24) is 4.90 Å². The highest BCUT2D eigenvalue weighted by molar-refractivity contribution is 5.76. The van der Waals surface area contributed by atoms with Crippen molar-refractivity contribution >= 4 is 17.3 Å². The van der Waals surface area contributed by atoms with Crippen LogP contribution < -0.4 is 11.1 Å². The van der Waals surface area contributed by atoms with Gasteiger partial charge < -0.3 is 11.1 Å². The summed E-state index contributed by atoms with van der Waals surface area (Å²) in [5.41, 5.74) is 6.54. The van der Waals surface area contributed by atoms with Crippen molar-refractivity contribution in [2.24, 2.45) is 5.73 Å². The van der Waals surface area contributed by atoms with Crippen molar-refractivity contribution in [3.05, 3.63) is 33.9 Å². The van der Waals surface area contributed by atoms with Gasteiger partial charge in [-0.3, -0.25) is 19.8 Å². The van der Waals surface area contributed by atoms with Gasteiger partial charge in [0.1, 0.15) is 5.69 Å². The molecule has 0 atom stereocenters. The first kappa shape index (κ1) is 16.9. The number of hydrogen-bond donors (Lipinski definition) is 2. The van der Waals surface area contributed by atoms with E-state index in [-0.39, 0.29) is 18.3 Å². The molecule has 1 amide bonds. The number of carbonyl (C=O) groups excluding carboxylic acids is 1. The molecule has 1 aromatic rings. The minimum absolute atomic E-state index is 0.0390. The minimum Gasteiger partial charge on any atom is -0.380 e. The topological polar surface area (TPSA) is 102 Å². The number of nitrogens with two attached hydrogens (primary N) is 1. The van der Waals surface area contributed by atoms with Gasteiger partial charge in [0.25, 0.3) is 5.69 Å². The summed E-state index contributed by atoms with van der Waals surface area (Å²) in [7, 11) is 0. The Labute approximate surface area is 124 Å². The van der Waals surface area contributed by atoms with Gasteiger partial charge in [0.2, 0.25) is 5.91 Å². The highest BCUT2D eigenvalue weighted by Crippen LogP contribution is 2.26. The Bertz CT molecular complexity index is 517. The molecule has 0 spiro atoms. The van der Waals surface area contributed by atoms with Crippen LogP contribution in [0, 0.1) is 10.1 Å². The van der Waals surface area contributed by atoms with Crippen LogP contribution in [0.1, 0.15) is 26.3 Å². The number of nitrogens with zero attached hydrogens (tertiary/aromatic N) is 2. The highest BCUT2D eigenvalue weighted by Gasteiger charge is 2.17. The number of hydrogen-bond acceptors (Lipinski definition) is 5. The zero-order valence-electron chi connectivity index (χ0n) is 12.6. The molecule has 0 heterocycles. The molecule has 0 saturated carbocycles. The van der Waals surface area contributed by atoms with Crippen LogP contribution in [0.25, 0.3) is 0 Å². The number of amides is 1. The standard InChI is InChI=1S/C14H22N4O3/c1-4-16-12-6-5-11(7-13(12)18(20)21)8-17(10(2)3)9-14(15)19/h5-7,10,16H,4,8-9H2,1-3H3,(H2,15,19). The third kappa shape index (κ3) is 5.03. The summed E-state index contributed by atoms with van der Waals surface area (Å²) in [4.78, 5) is 23.7. The summed E-state index contributed by atoms with van der Waals surface area (Å²) in [6, 6.07) is 5.17. The van der Waals surface area contributed by atoms with Gasteiger partial charge in [0.05, 0.1) is 11.5 Å². The van der Waals surface area contributed by atoms with Gasteiger partial charge in [-0.15, -0.1) is 0 Å². The maximum Gasteiger partial charge on any atom is 0.292 e. The minimum atomic E-state index is -0.414. The van der Waals surface area contributed by atoms with Gasteiger partial charge in [-0.05, 0) is 32.4 Å². The molecular weight excluding hydrogens is 272 g/mol. The SMILES string of the molecule is CCNc1ccc(CN(CC(N)=O)C(C)C)cc1[N+](=O)[O-]. The zero-order chi connectivity index (χ0) is 16.0. The van der Waals surface area contributed by atoms with E-state index in [0.29, 0.717) is 18.8 Å². The van der Waals surface area contributed by atoms with Crippen LogP contribution in [-0.2, 0) is 11.3 Å². The summed E-state index contributed by atoms with van der Waals surface area (Å²) in [6.07, 6.45) is 0. The number of carbonyl (C=O) groups is 1. The quantitative estimate of drug-likeness (QED) is 0.561. The Morgan fingerprint density at radius 1 is 1.48 bits per heavy atom. The highest BCUT2D eigenvalue weighted by atomic mass is 16.6. The fourth-order valence-electron chi connectivity index (χ4n) is 2.02. The Kier molecular flexibility index (Phi) is 6.10. The molecule has 1 rings (SSSR count). The lowest BCUT2D eigenvalue weighted by atomic mass is 10.1. The molecule has 0 aliphatic carbocycles. The van der Waals surface area contributed by atoms with Crippen molar-refractivity contribution in [3.8, 4) is 0 Å². The molecule has 0 aromatic heterocycles. The molecule has 0 fully saturated rings. The van der Waals surface area contributed by atoms with Gasteiger partial charge in [0, 0.05) is 25.2 Å². The normalized spacial score (nSPS) is 10.9. The molecule has 0 unspecified atom stereocenters. The van der Waals surface area contributed by atoms with Crippen molar-refractivity contribution in [1.29, 1.82) is 0 Å². The lowest BCUT2D eigenvalue weighted by Gasteiger charge is -2.25. The first-order valence-corrected chi connectivity index (χ1v) is 6.88. The maximum absolute atomic E-state index is 11.1. The number of nitro groups is 1. The van der Waals surface area contributed by atoms with E-state index in [1.165, 1.54) is 6.07 Å². The first-order chi connectivity index (χ1) is 9.85. The molecule has 0 saturated heterocycles. The van der Waals surface area contributed by atoms with Gasteiger partial charge in [-0.2, -0.15) is 0 Å². The summed E-state index contributed by atoms with van der Waals surface area (Å²) in [5.74, 6) is -0.414. The summed E-state index contributed by atoms with van der Waals surface area (Å²) in [5, 5.41) is 14.1. The number of anilines is 1. The Balaban J connectivity index is 2.99. The lowest BCUT2D eigenvalue weighted by Crippen LogP contribution is -2.37. The Hall–Kier alpha value is -2.15. The van der Waals surface area contributed by atoms with E-state index < -0.39 is 10.8 Å². The van der Waals surface area contributed by atoms with Gasteiger partial charge in [0.15, 0.2) is 0 Å². The third-order valence-corrected chi connectivity index (χ3v) is 3.10. The summed E-state index contributed by atoms with van der Waals surface area (Å²) < 4.78 is 0. The summed E-state index contributed by atoms with van der Waals surface area (Å²) in [6.45, 7) is 6.95. The van der Waals surface area contributed by atoms with E-state index in [2.05, 4.69) is 5.32 Å². The molecule has 7 nitrogen and oxygen atoms in total. The molecule has 1 aromatic carbocycles. The lowest BCUT2D eigenvalue weighted by molar-refractivity contribution is -0.384. The van der Waals surface area contributed by atoms with E-state index in [0.717, 1.165) is 5.56 Å². The number of nitro benzene ring substituents is 1. The van der Waals surface area contributed by atoms with Crippen LogP contribution in [-0.4, -0.2) is 34.9 Å². The second kappa shape index (κ2) is 7.58. The van der Waals surface area contributed by atoms with Crippen LogP contribution in [0.5, 0.6) is 0 Å². The summed E-state index contributed by atoms with van der Waals surface area (Å²) >= 11 is 0. The average molecular weight is 294 g/mol. The van der Waals surface area contributed by atoms with E-state index in [1.807, 2.05) is 31.7 Å². The number of nitrogens with one attached hydrogen (secondary N) is 1. The van der Waals surface area contributed by atoms with Crippen molar-refractivity contribution in [2.75, 3.05) is 18.4 Å². The van der Waals surface area contributed by atoms with Crippen molar-refractivity contribution in [3.63, 3.8) is 0 Å². The van der Waals surface area contributed by atoms with E-state index in [1.54, 1.807) is 6.07 Å². The van der Waals surface area contributed by atoms with Crippen LogP contribution in [0.15, 0.2) is 18.2 Å². The van der Waals surface area contributed by atoms with Crippen molar-refractivity contribution < 1.29 is 9.72 Å². The van der Waals surface area contributed by atoms with E-state index >= 15 is 0 Å². The fraction of sp³-hybridized carbons (Fsp3) is 0.500. The molecule has 116 valence electrons. The second-order valence-electron chi connectivity index (χ2n) is 5.10. The molecular formula is C14H22N4O3. The molecule has 7 heteroatoms. The van der Waals surface area contributed by atoms with E-state index in [4.69, 9.17) is 5.73 Å². The Morgan fingerprint density at radius 3 is 2.62 bits per heavy atom. The predicted octanol–water partition coefficient (Wildman–Crippen LogP) is 1.72. The second-order valence-corrected chi connectivity index (χ2v) is 5.10. The monoisotopic (exact) mass is 294 g/mol. The number of primary amides is 1. The maximum atomic E-state index is 11.1. The van der Waals surface area contributed by atoms with Crippen LogP contribution >= 0.6 is 0 Å². The van der Waals surface area contributed by atoms with Gasteiger partial charge >= 0.3 is 0 Å². The number of rotatable bonds is 8. The smallest absolute Gasteiger partial charge is 0.292 e. The average Bonchev–Trinajstić information content (AvgIpc) is 2.39. The fourth-order valence-corrected chi connectivity index (χ4v) is 2.02. The molecule has 0 aliphatic rings. The Morgan fingerprint density at radius 2 is 2.14 bits per heavy atom. The zero-order valence-corrected chi connectivity index (χ0v) is 12.6. The van der Waals surface area contributed by atoms with E-state index in [9.17, 15) is 14.9 Å². The molecule has 0 radical (unpaired) electrons. The molecule has 0 bridgehead atoms. The van der Waals surface area contributed by atoms with Crippen molar-refractivity contribution in [2.45, 2.75) is 33.4 Å². The third-order valence-electron chi connectivity index (χ3n) is 3.10. The predicted molar refractivity (Wildman–Crippen MR) is 82.0 cm³/mol. The van der Waals surface area contributed by atoms with Crippen LogP contribution in [0.4, 0.5) is 11.4 Å². The molecule has 0 aliphatic heterocycles. The first-order valence-electron chi connectivity index (χ1n) is 6.88. The number of benzene rings is 1. The molecule has 3 N–H and O–H groups in total. The van der Waals surface area contributed by atoms with Crippen LogP contribution in [0.2, 0.25) is 0 Å². The largest absolute Gasteiger partial charge is 0.380 e. The van der Waals surface area contributed by atoms with Crippen LogP contribution in [0.3, 0.4) is 0 Å². The molecule has 21 heavy (non-hydrogen) atoms. The van der Waals surface area contributed by atoms with Gasteiger partial charge in [-0.1, -0.05) is 6.07 Å². The van der Waals surface area contributed by atoms with Gasteiger partial charge in [-0.25, -0.2) is 0 Å².